The maximum atomic E-state index is 12.6. The molecular formula is C17H18N2O5S. The molecule has 25 heavy (non-hydrogen) atoms. The molecule has 0 radical (unpaired) electrons. The second-order valence-corrected chi connectivity index (χ2v) is 8.01. The van der Waals surface area contributed by atoms with Crippen LogP contribution in [0.4, 0.5) is 11.4 Å². The van der Waals surface area contributed by atoms with Gasteiger partial charge in [-0.05, 0) is 50.1 Å². The molecule has 0 spiro atoms. The van der Waals surface area contributed by atoms with Gasteiger partial charge in [-0.3, -0.25) is 14.9 Å². The first-order chi connectivity index (χ1) is 11.6. The number of nitro benzene ring substituents is 1. The Hall–Kier alpha value is -2.74. The highest BCUT2D eigenvalue weighted by atomic mass is 32.2. The highest BCUT2D eigenvalue weighted by Crippen LogP contribution is 2.22. The Morgan fingerprint density at radius 1 is 1.12 bits per heavy atom. The number of aryl methyl sites for hydroxylation is 2. The van der Waals surface area contributed by atoms with Crippen molar-refractivity contribution in [3.63, 3.8) is 0 Å². The number of hydrogen-bond donors (Lipinski definition) is 1. The van der Waals surface area contributed by atoms with Crippen LogP contribution in [0.3, 0.4) is 0 Å². The van der Waals surface area contributed by atoms with Gasteiger partial charge in [0.25, 0.3) is 5.69 Å². The highest BCUT2D eigenvalue weighted by molar-refractivity contribution is 7.92. The lowest BCUT2D eigenvalue weighted by molar-refractivity contribution is -0.384. The van der Waals surface area contributed by atoms with Crippen LogP contribution in [0.2, 0.25) is 0 Å². The smallest absolute Gasteiger partial charge is 0.269 e. The summed E-state index contributed by atoms with van der Waals surface area (Å²) in [4.78, 5) is 22.3. The predicted molar refractivity (Wildman–Crippen MR) is 94.3 cm³/mol. The van der Waals surface area contributed by atoms with Crippen LogP contribution < -0.4 is 5.32 Å². The van der Waals surface area contributed by atoms with Gasteiger partial charge in [0, 0.05) is 17.8 Å². The average molecular weight is 362 g/mol. The third-order valence-corrected chi connectivity index (χ3v) is 5.94. The van der Waals surface area contributed by atoms with Crippen LogP contribution in [0, 0.1) is 24.0 Å². The Morgan fingerprint density at radius 3 is 2.28 bits per heavy atom. The van der Waals surface area contributed by atoms with Crippen LogP contribution in [-0.2, 0) is 14.6 Å². The molecule has 7 nitrogen and oxygen atoms in total. The van der Waals surface area contributed by atoms with Crippen molar-refractivity contribution in [2.24, 2.45) is 0 Å². The number of sulfone groups is 1. The van der Waals surface area contributed by atoms with Crippen molar-refractivity contribution < 1.29 is 18.1 Å². The van der Waals surface area contributed by atoms with E-state index in [-0.39, 0.29) is 10.6 Å². The molecule has 0 aliphatic heterocycles. The summed E-state index contributed by atoms with van der Waals surface area (Å²) in [5, 5.41) is 11.9. The van der Waals surface area contributed by atoms with Crippen LogP contribution in [0.5, 0.6) is 0 Å². The quantitative estimate of drug-likeness (QED) is 0.650. The lowest BCUT2D eigenvalue weighted by Crippen LogP contribution is -2.32. The molecule has 0 unspecified atom stereocenters. The van der Waals surface area contributed by atoms with Gasteiger partial charge < -0.3 is 5.32 Å². The molecule has 8 heteroatoms. The number of anilines is 1. The van der Waals surface area contributed by atoms with E-state index in [1.807, 2.05) is 26.0 Å². The van der Waals surface area contributed by atoms with E-state index in [0.717, 1.165) is 35.4 Å². The summed E-state index contributed by atoms with van der Waals surface area (Å²) in [5.41, 5.74) is 2.09. The van der Waals surface area contributed by atoms with Crippen LogP contribution in [0.25, 0.3) is 0 Å². The molecule has 0 saturated carbocycles. The third kappa shape index (κ3) is 4.03. The molecule has 0 aliphatic rings. The van der Waals surface area contributed by atoms with Gasteiger partial charge in [0.1, 0.15) is 5.25 Å². The minimum Gasteiger partial charge on any atom is -0.325 e. The third-order valence-electron chi connectivity index (χ3n) is 3.86. The Bertz CT molecular complexity index is 921. The molecular weight excluding hydrogens is 344 g/mol. The number of hydrogen-bond acceptors (Lipinski definition) is 5. The fourth-order valence-electron chi connectivity index (χ4n) is 2.21. The molecule has 0 aromatic heterocycles. The van der Waals surface area contributed by atoms with Crippen molar-refractivity contribution in [2.75, 3.05) is 5.32 Å². The van der Waals surface area contributed by atoms with Crippen molar-refractivity contribution in [1.29, 1.82) is 0 Å². The summed E-state index contributed by atoms with van der Waals surface area (Å²) in [7, 11) is -3.96. The van der Waals surface area contributed by atoms with E-state index in [1.165, 1.54) is 6.92 Å². The van der Waals surface area contributed by atoms with Crippen LogP contribution >= 0.6 is 0 Å². The van der Waals surface area contributed by atoms with Gasteiger partial charge in [0.05, 0.1) is 9.82 Å². The predicted octanol–water partition coefficient (Wildman–Crippen LogP) is 3.01. The van der Waals surface area contributed by atoms with E-state index in [9.17, 15) is 23.3 Å². The first kappa shape index (κ1) is 18.6. The lowest BCUT2D eigenvalue weighted by atomic mass is 10.1. The van der Waals surface area contributed by atoms with Gasteiger partial charge in [0.2, 0.25) is 5.91 Å². The van der Waals surface area contributed by atoms with Crippen LogP contribution in [0.1, 0.15) is 18.1 Å². The molecule has 132 valence electrons. The van der Waals surface area contributed by atoms with Gasteiger partial charge in [-0.25, -0.2) is 8.42 Å². The number of carbonyl (C=O) groups is 1. The van der Waals surface area contributed by atoms with Crippen molar-refractivity contribution in [1.82, 2.24) is 0 Å². The SMILES string of the molecule is Cc1ccc(C)c(NC(=O)[C@@H](C)S(=O)(=O)c2ccc([N+](=O)[O-])cc2)c1. The summed E-state index contributed by atoms with van der Waals surface area (Å²) in [6, 6.07) is 9.95. The monoisotopic (exact) mass is 362 g/mol. The van der Waals surface area contributed by atoms with E-state index in [0.29, 0.717) is 5.69 Å². The number of nitrogens with one attached hydrogen (secondary N) is 1. The largest absolute Gasteiger partial charge is 0.325 e. The van der Waals surface area contributed by atoms with Gasteiger partial charge in [-0.15, -0.1) is 0 Å². The van der Waals surface area contributed by atoms with E-state index in [4.69, 9.17) is 0 Å². The fourth-order valence-corrected chi connectivity index (χ4v) is 3.47. The summed E-state index contributed by atoms with van der Waals surface area (Å²) in [6.45, 7) is 4.97. The Balaban J connectivity index is 2.25. The molecule has 0 aliphatic carbocycles. The number of nitro groups is 1. The summed E-state index contributed by atoms with van der Waals surface area (Å²) >= 11 is 0. The minimum absolute atomic E-state index is 0.137. The van der Waals surface area contributed by atoms with Gasteiger partial charge in [-0.2, -0.15) is 0 Å². The average Bonchev–Trinajstić information content (AvgIpc) is 2.57. The van der Waals surface area contributed by atoms with Gasteiger partial charge >= 0.3 is 0 Å². The number of amides is 1. The molecule has 0 saturated heterocycles. The second-order valence-electron chi connectivity index (χ2n) is 5.75. The summed E-state index contributed by atoms with van der Waals surface area (Å²) in [5.74, 6) is -0.660. The molecule has 0 fully saturated rings. The maximum Gasteiger partial charge on any atom is 0.269 e. The van der Waals surface area contributed by atoms with E-state index < -0.39 is 25.9 Å². The maximum absolute atomic E-state index is 12.6. The first-order valence-electron chi connectivity index (χ1n) is 7.49. The van der Waals surface area contributed by atoms with Gasteiger partial charge in [0.15, 0.2) is 9.84 Å². The number of carbonyl (C=O) groups excluding carboxylic acids is 1. The molecule has 1 amide bonds. The molecule has 0 heterocycles. The van der Waals surface area contributed by atoms with Crippen molar-refractivity contribution in [3.05, 3.63) is 63.7 Å². The fraction of sp³-hybridized carbons (Fsp3) is 0.235. The number of nitrogens with zero attached hydrogens (tertiary/aromatic N) is 1. The standard InChI is InChI=1S/C17H18N2O5S/c1-11-4-5-12(2)16(10-11)18-17(20)13(3)25(23,24)15-8-6-14(7-9-15)19(21)22/h4-10,13H,1-3H3,(H,18,20)/t13-/m1/s1. The van der Waals surface area contributed by atoms with Crippen LogP contribution in [0.15, 0.2) is 47.4 Å². The number of benzene rings is 2. The van der Waals surface area contributed by atoms with Crippen molar-refractivity contribution >= 4 is 27.1 Å². The van der Waals surface area contributed by atoms with E-state index in [1.54, 1.807) is 6.07 Å². The molecule has 0 bridgehead atoms. The normalized spacial score (nSPS) is 12.4. The van der Waals surface area contributed by atoms with Crippen molar-refractivity contribution in [2.45, 2.75) is 30.9 Å². The molecule has 1 N–H and O–H groups in total. The molecule has 2 aromatic rings. The Kier molecular flexibility index (Phi) is 5.22. The topological polar surface area (TPSA) is 106 Å². The Morgan fingerprint density at radius 2 is 1.72 bits per heavy atom. The zero-order chi connectivity index (χ0) is 18.8. The number of rotatable bonds is 5. The van der Waals surface area contributed by atoms with Crippen molar-refractivity contribution in [3.8, 4) is 0 Å². The zero-order valence-corrected chi connectivity index (χ0v) is 14.8. The van der Waals surface area contributed by atoms with Crippen LogP contribution in [-0.4, -0.2) is 24.5 Å². The summed E-state index contributed by atoms with van der Waals surface area (Å²) < 4.78 is 25.1. The highest BCUT2D eigenvalue weighted by Gasteiger charge is 2.30. The minimum atomic E-state index is -3.96. The lowest BCUT2D eigenvalue weighted by Gasteiger charge is -2.15. The zero-order valence-electron chi connectivity index (χ0n) is 14.0. The molecule has 2 aromatic carbocycles. The Labute approximate surface area is 145 Å². The summed E-state index contributed by atoms with van der Waals surface area (Å²) in [6.07, 6.45) is 0. The van der Waals surface area contributed by atoms with Gasteiger partial charge in [-0.1, -0.05) is 12.1 Å². The molecule has 2 rings (SSSR count). The number of non-ortho nitro benzene ring substituents is 1. The second kappa shape index (κ2) is 7.02. The van der Waals surface area contributed by atoms with E-state index >= 15 is 0 Å². The first-order valence-corrected chi connectivity index (χ1v) is 9.04. The van der Waals surface area contributed by atoms with E-state index in [2.05, 4.69) is 5.32 Å². The molecule has 1 atom stereocenters.